The smallest absolute Gasteiger partial charge is 0.0807 e. The molecule has 14 heavy (non-hydrogen) atoms. The Hall–Kier alpha value is -0.640. The van der Waals surface area contributed by atoms with Gasteiger partial charge < -0.3 is 10.8 Å². The summed E-state index contributed by atoms with van der Waals surface area (Å²) in [4.78, 5) is 3.88. The summed E-state index contributed by atoms with van der Waals surface area (Å²) < 4.78 is 0. The molecule has 4 heteroatoms. The maximum Gasteiger partial charge on any atom is 0.0807 e. The van der Waals surface area contributed by atoms with Gasteiger partial charge in [0.2, 0.25) is 0 Å². The van der Waals surface area contributed by atoms with Gasteiger partial charge in [-0.2, -0.15) is 0 Å². The zero-order chi connectivity index (χ0) is 10.6. The van der Waals surface area contributed by atoms with Crippen LogP contribution in [0.2, 0.25) is 5.02 Å². The van der Waals surface area contributed by atoms with Gasteiger partial charge in [0.05, 0.1) is 10.6 Å². The molecule has 1 atom stereocenters. The first-order valence-corrected chi connectivity index (χ1v) is 5.00. The van der Waals surface area contributed by atoms with E-state index in [4.69, 9.17) is 17.3 Å². The van der Waals surface area contributed by atoms with Crippen LogP contribution in [0.15, 0.2) is 18.5 Å². The quantitative estimate of drug-likeness (QED) is 0.796. The van der Waals surface area contributed by atoms with E-state index in [9.17, 15) is 5.11 Å². The number of rotatable bonds is 4. The summed E-state index contributed by atoms with van der Waals surface area (Å²) in [5.74, 6) is 0. The normalized spacial score (nSPS) is 15.1. The molecule has 0 amide bonds. The standard InChI is InChI=1S/C10H15ClN2O/c1-2-10(14,7-12)5-8-3-4-13-6-9(8)11/h3-4,6,14H,2,5,7,12H2,1H3. The predicted molar refractivity (Wildman–Crippen MR) is 57.2 cm³/mol. The summed E-state index contributed by atoms with van der Waals surface area (Å²) >= 11 is 5.93. The van der Waals surface area contributed by atoms with Gasteiger partial charge >= 0.3 is 0 Å². The second-order valence-electron chi connectivity index (χ2n) is 3.43. The first kappa shape index (κ1) is 11.4. The summed E-state index contributed by atoms with van der Waals surface area (Å²) in [5.41, 5.74) is 5.54. The average Bonchev–Trinajstić information content (AvgIpc) is 2.21. The Bertz CT molecular complexity index is 300. The zero-order valence-electron chi connectivity index (χ0n) is 8.20. The molecule has 1 aromatic heterocycles. The molecule has 3 N–H and O–H groups in total. The SMILES string of the molecule is CCC(O)(CN)Cc1ccncc1Cl. The van der Waals surface area contributed by atoms with E-state index >= 15 is 0 Å². The molecule has 1 heterocycles. The number of nitrogens with two attached hydrogens (primary N) is 1. The maximum atomic E-state index is 10.0. The Balaban J connectivity index is 2.82. The zero-order valence-corrected chi connectivity index (χ0v) is 8.96. The highest BCUT2D eigenvalue weighted by Crippen LogP contribution is 2.21. The van der Waals surface area contributed by atoms with E-state index in [-0.39, 0.29) is 6.54 Å². The Morgan fingerprint density at radius 3 is 2.86 bits per heavy atom. The van der Waals surface area contributed by atoms with Crippen LogP contribution in [0, 0.1) is 0 Å². The van der Waals surface area contributed by atoms with Crippen LogP contribution in [-0.2, 0) is 6.42 Å². The molecular formula is C10H15ClN2O. The van der Waals surface area contributed by atoms with E-state index in [0.717, 1.165) is 5.56 Å². The lowest BCUT2D eigenvalue weighted by atomic mass is 9.92. The van der Waals surface area contributed by atoms with Crippen LogP contribution in [-0.4, -0.2) is 22.2 Å². The topological polar surface area (TPSA) is 59.1 Å². The van der Waals surface area contributed by atoms with Crippen LogP contribution in [0.4, 0.5) is 0 Å². The number of aliphatic hydroxyl groups is 1. The van der Waals surface area contributed by atoms with Crippen LogP contribution in [0.1, 0.15) is 18.9 Å². The molecule has 0 aliphatic carbocycles. The average molecular weight is 215 g/mol. The number of hydrogen-bond acceptors (Lipinski definition) is 3. The molecule has 0 bridgehead atoms. The van der Waals surface area contributed by atoms with Gasteiger partial charge in [-0.3, -0.25) is 4.98 Å². The van der Waals surface area contributed by atoms with Gasteiger partial charge in [-0.15, -0.1) is 0 Å². The van der Waals surface area contributed by atoms with Crippen molar-refractivity contribution in [3.05, 3.63) is 29.0 Å². The van der Waals surface area contributed by atoms with Crippen LogP contribution in [0.25, 0.3) is 0 Å². The molecule has 0 saturated heterocycles. The Labute approximate surface area is 88.9 Å². The van der Waals surface area contributed by atoms with Crippen molar-refractivity contribution in [3.63, 3.8) is 0 Å². The highest BCUT2D eigenvalue weighted by atomic mass is 35.5. The molecule has 0 fully saturated rings. The minimum Gasteiger partial charge on any atom is -0.388 e. The molecule has 1 rings (SSSR count). The van der Waals surface area contributed by atoms with Gasteiger partial charge in [-0.1, -0.05) is 18.5 Å². The molecule has 0 spiro atoms. The van der Waals surface area contributed by atoms with Gasteiger partial charge in [0.1, 0.15) is 0 Å². The van der Waals surface area contributed by atoms with Crippen molar-refractivity contribution in [2.75, 3.05) is 6.54 Å². The van der Waals surface area contributed by atoms with Crippen molar-refractivity contribution < 1.29 is 5.11 Å². The molecule has 3 nitrogen and oxygen atoms in total. The summed E-state index contributed by atoms with van der Waals surface area (Å²) in [6, 6.07) is 1.80. The van der Waals surface area contributed by atoms with Crippen molar-refractivity contribution >= 4 is 11.6 Å². The van der Waals surface area contributed by atoms with E-state index in [2.05, 4.69) is 4.98 Å². The van der Waals surface area contributed by atoms with Crippen LogP contribution < -0.4 is 5.73 Å². The largest absolute Gasteiger partial charge is 0.388 e. The van der Waals surface area contributed by atoms with Crippen LogP contribution >= 0.6 is 11.6 Å². The number of halogens is 1. The molecule has 1 unspecified atom stereocenters. The maximum absolute atomic E-state index is 10.0. The summed E-state index contributed by atoms with van der Waals surface area (Å²) in [5, 5.41) is 10.6. The van der Waals surface area contributed by atoms with E-state index in [0.29, 0.717) is 17.9 Å². The number of hydrogen-bond donors (Lipinski definition) is 2. The van der Waals surface area contributed by atoms with E-state index in [1.54, 1.807) is 18.5 Å². The number of nitrogens with zero attached hydrogens (tertiary/aromatic N) is 1. The van der Waals surface area contributed by atoms with Crippen molar-refractivity contribution in [2.24, 2.45) is 5.73 Å². The van der Waals surface area contributed by atoms with Gasteiger partial charge in [0.15, 0.2) is 0 Å². The lowest BCUT2D eigenvalue weighted by Crippen LogP contribution is -2.39. The first-order chi connectivity index (χ1) is 6.61. The first-order valence-electron chi connectivity index (χ1n) is 4.62. The molecule has 1 aromatic rings. The summed E-state index contributed by atoms with van der Waals surface area (Å²) in [6.07, 6.45) is 4.32. The van der Waals surface area contributed by atoms with Crippen molar-refractivity contribution in [1.29, 1.82) is 0 Å². The highest BCUT2D eigenvalue weighted by Gasteiger charge is 2.23. The second kappa shape index (κ2) is 4.73. The summed E-state index contributed by atoms with van der Waals surface area (Å²) in [7, 11) is 0. The van der Waals surface area contributed by atoms with E-state index < -0.39 is 5.60 Å². The van der Waals surface area contributed by atoms with Gasteiger partial charge in [-0.05, 0) is 18.1 Å². The van der Waals surface area contributed by atoms with Crippen molar-refractivity contribution in [3.8, 4) is 0 Å². The minimum atomic E-state index is -0.856. The molecule has 0 aliphatic rings. The van der Waals surface area contributed by atoms with Gasteiger partial charge in [-0.25, -0.2) is 0 Å². The third kappa shape index (κ3) is 2.67. The monoisotopic (exact) mass is 214 g/mol. The number of pyridine rings is 1. The van der Waals surface area contributed by atoms with Crippen molar-refractivity contribution in [1.82, 2.24) is 4.98 Å². The minimum absolute atomic E-state index is 0.238. The highest BCUT2D eigenvalue weighted by molar-refractivity contribution is 6.31. The molecule has 0 aliphatic heterocycles. The fourth-order valence-corrected chi connectivity index (χ4v) is 1.43. The fourth-order valence-electron chi connectivity index (χ4n) is 1.24. The lowest BCUT2D eigenvalue weighted by molar-refractivity contribution is 0.0456. The lowest BCUT2D eigenvalue weighted by Gasteiger charge is -2.25. The van der Waals surface area contributed by atoms with Gasteiger partial charge in [0.25, 0.3) is 0 Å². The molecule has 0 radical (unpaired) electrons. The molecule has 0 aromatic carbocycles. The third-order valence-corrected chi connectivity index (χ3v) is 2.75. The molecule has 78 valence electrons. The Kier molecular flexibility index (Phi) is 3.86. The predicted octanol–water partition coefficient (Wildman–Crippen LogP) is 1.38. The number of aromatic nitrogens is 1. The molecular weight excluding hydrogens is 200 g/mol. The summed E-state index contributed by atoms with van der Waals surface area (Å²) in [6.45, 7) is 2.14. The van der Waals surface area contributed by atoms with Crippen molar-refractivity contribution in [2.45, 2.75) is 25.4 Å². The van der Waals surface area contributed by atoms with Crippen LogP contribution in [0.5, 0.6) is 0 Å². The van der Waals surface area contributed by atoms with Gasteiger partial charge in [0, 0.05) is 25.4 Å². The second-order valence-corrected chi connectivity index (χ2v) is 3.83. The third-order valence-electron chi connectivity index (χ3n) is 2.41. The Morgan fingerprint density at radius 2 is 2.36 bits per heavy atom. The molecule has 0 saturated carbocycles. The van der Waals surface area contributed by atoms with Crippen LogP contribution in [0.3, 0.4) is 0 Å². The Morgan fingerprint density at radius 1 is 1.64 bits per heavy atom. The van der Waals surface area contributed by atoms with E-state index in [1.807, 2.05) is 6.92 Å². The van der Waals surface area contributed by atoms with E-state index in [1.165, 1.54) is 0 Å². The fraction of sp³-hybridized carbons (Fsp3) is 0.500.